The minimum Gasteiger partial charge on any atom is -0.368 e. The van der Waals surface area contributed by atoms with E-state index in [2.05, 4.69) is 36.4 Å². The molecule has 0 atom stereocenters. The minimum absolute atomic E-state index is 0.0339. The molecule has 0 aliphatic carbocycles. The van der Waals surface area contributed by atoms with Crippen LogP contribution in [0.4, 0.5) is 11.4 Å². The first kappa shape index (κ1) is 28.6. The van der Waals surface area contributed by atoms with Crippen LogP contribution in [-0.2, 0) is 4.79 Å². The van der Waals surface area contributed by atoms with Crippen LogP contribution in [0, 0.1) is 23.7 Å². The van der Waals surface area contributed by atoms with Crippen molar-refractivity contribution in [1.29, 1.82) is 5.26 Å². The Balaban J connectivity index is 0.00000145. The Bertz CT molecular complexity index is 1140. The van der Waals surface area contributed by atoms with Crippen molar-refractivity contribution in [2.24, 2.45) is 10.4 Å². The van der Waals surface area contributed by atoms with Crippen molar-refractivity contribution in [3.8, 4) is 6.07 Å². The number of benzene rings is 1. The van der Waals surface area contributed by atoms with E-state index in [0.717, 1.165) is 16.9 Å². The summed E-state index contributed by atoms with van der Waals surface area (Å²) in [5, 5.41) is 8.75. The number of aliphatic imine (C=N–C) groups is 1. The zero-order chi connectivity index (χ0) is 26.9. The Morgan fingerprint density at radius 1 is 1.19 bits per heavy atom. The predicted octanol–water partition coefficient (Wildman–Crippen LogP) is 5.84. The number of aromatic nitrogens is 1. The third-order valence-corrected chi connectivity index (χ3v) is 5.76. The van der Waals surface area contributed by atoms with Gasteiger partial charge in [0.2, 0.25) is 5.91 Å². The molecule has 0 spiro atoms. The Morgan fingerprint density at radius 3 is 2.39 bits per heavy atom. The number of allylic oxidation sites excluding steroid dienone is 1. The Hall–Kier alpha value is -3.66. The molecule has 1 aromatic carbocycles. The van der Waals surface area contributed by atoms with Crippen LogP contribution in [0.3, 0.4) is 0 Å². The molecule has 1 aliphatic heterocycles. The molecule has 1 aromatic heterocycles. The second kappa shape index (κ2) is 12.9. The summed E-state index contributed by atoms with van der Waals surface area (Å²) in [6.45, 7) is 18.4. The van der Waals surface area contributed by atoms with E-state index in [1.807, 2.05) is 52.0 Å². The fourth-order valence-corrected chi connectivity index (χ4v) is 3.84. The van der Waals surface area contributed by atoms with Crippen molar-refractivity contribution in [2.45, 2.75) is 54.4 Å². The summed E-state index contributed by atoms with van der Waals surface area (Å²) >= 11 is 0. The summed E-state index contributed by atoms with van der Waals surface area (Å²) in [6, 6.07) is 9.97. The van der Waals surface area contributed by atoms with Crippen LogP contribution < -0.4 is 4.90 Å². The summed E-state index contributed by atoms with van der Waals surface area (Å²) in [5.74, 6) is -0.0824. The molecule has 2 heterocycles. The molecular formula is C29H39N5O2. The summed E-state index contributed by atoms with van der Waals surface area (Å²) in [7, 11) is 0. The number of nitriles is 1. The number of anilines is 1. The lowest BCUT2D eigenvalue weighted by Gasteiger charge is -2.36. The first-order valence-electron chi connectivity index (χ1n) is 12.5. The maximum Gasteiger partial charge on any atom is 0.236 e. The van der Waals surface area contributed by atoms with Gasteiger partial charge in [0.15, 0.2) is 5.78 Å². The average Bonchev–Trinajstić information content (AvgIpc) is 3.21. The zero-order valence-corrected chi connectivity index (χ0v) is 22.5. The summed E-state index contributed by atoms with van der Waals surface area (Å²) in [4.78, 5) is 36.8. The number of ketones is 1. The van der Waals surface area contributed by atoms with Crippen LogP contribution in [0.1, 0.15) is 69.1 Å². The maximum atomic E-state index is 12.9. The van der Waals surface area contributed by atoms with Crippen LogP contribution in [0.15, 0.2) is 48.1 Å². The van der Waals surface area contributed by atoms with Gasteiger partial charge >= 0.3 is 0 Å². The lowest BCUT2D eigenvalue weighted by atomic mass is 9.87. The van der Waals surface area contributed by atoms with Gasteiger partial charge in [-0.2, -0.15) is 5.26 Å². The number of nitrogens with one attached hydrogen (secondary N) is 1. The molecule has 0 radical (unpaired) electrons. The number of carbonyl (C=O) groups excluding carboxylic acids is 2. The number of hydrogen-bond acceptors (Lipinski definition) is 5. The van der Waals surface area contributed by atoms with Crippen molar-refractivity contribution in [2.75, 3.05) is 31.1 Å². The highest BCUT2D eigenvalue weighted by molar-refractivity contribution is 6.12. The van der Waals surface area contributed by atoms with Crippen LogP contribution in [0.2, 0.25) is 0 Å². The van der Waals surface area contributed by atoms with E-state index >= 15 is 0 Å². The molecular weight excluding hydrogens is 450 g/mol. The number of Topliss-reactive ketones (excluding diaryl/α,β-unsaturated/α-hetero) is 1. The molecule has 0 saturated carbocycles. The molecule has 0 bridgehead atoms. The van der Waals surface area contributed by atoms with Gasteiger partial charge in [-0.25, -0.2) is 4.99 Å². The van der Waals surface area contributed by atoms with Crippen LogP contribution >= 0.6 is 0 Å². The van der Waals surface area contributed by atoms with Gasteiger partial charge in [0.05, 0.1) is 23.0 Å². The van der Waals surface area contributed by atoms with Crippen LogP contribution in [-0.4, -0.2) is 53.5 Å². The standard InChI is InChI=1S/C26H31N5O2.C3H8/c1-6-22(29-24-18(2)28-17-21(24)25(33)26(3,4)5)19-8-7-9-20(16-19)30-12-14-31(15-13-30)23(32)10-11-27;1-3-2/h6-9,16-17,28H,1,10,12-15H2,2-5H3;3H2,1-2H3. The van der Waals surface area contributed by atoms with Gasteiger partial charge in [0, 0.05) is 54.7 Å². The van der Waals surface area contributed by atoms with Gasteiger partial charge in [-0.1, -0.05) is 59.8 Å². The normalized spacial score (nSPS) is 14.0. The van der Waals surface area contributed by atoms with Gasteiger partial charge in [-0.3, -0.25) is 9.59 Å². The van der Waals surface area contributed by atoms with Gasteiger partial charge < -0.3 is 14.8 Å². The van der Waals surface area contributed by atoms with Gasteiger partial charge in [0.1, 0.15) is 6.42 Å². The van der Waals surface area contributed by atoms with Gasteiger partial charge in [-0.15, -0.1) is 0 Å². The second-order valence-corrected chi connectivity index (χ2v) is 9.92. The quantitative estimate of drug-likeness (QED) is 0.408. The van der Waals surface area contributed by atoms with E-state index in [1.165, 1.54) is 6.42 Å². The van der Waals surface area contributed by atoms with Crippen LogP contribution in [0.5, 0.6) is 0 Å². The lowest BCUT2D eigenvalue weighted by Crippen LogP contribution is -2.48. The highest BCUT2D eigenvalue weighted by Crippen LogP contribution is 2.31. The SMILES string of the molecule is C=CC(=Nc1c(C(=O)C(C)(C)C)c[nH]c1C)c1cccc(N2CCN(C(=O)CC#N)CC2)c1.CCC. The number of aryl methyl sites for hydroxylation is 1. The van der Waals surface area contributed by atoms with E-state index in [9.17, 15) is 9.59 Å². The van der Waals surface area contributed by atoms with Crippen LogP contribution in [0.25, 0.3) is 0 Å². The Morgan fingerprint density at radius 2 is 1.83 bits per heavy atom. The number of piperazine rings is 1. The molecule has 0 unspecified atom stereocenters. The number of nitrogens with zero attached hydrogens (tertiary/aromatic N) is 4. The zero-order valence-electron chi connectivity index (χ0n) is 22.5. The number of aromatic amines is 1. The molecule has 1 saturated heterocycles. The molecule has 192 valence electrons. The monoisotopic (exact) mass is 489 g/mol. The fourth-order valence-electron chi connectivity index (χ4n) is 3.84. The van der Waals surface area contributed by atoms with E-state index < -0.39 is 5.41 Å². The van der Waals surface area contributed by atoms with Crippen molar-refractivity contribution in [3.05, 3.63) is 59.9 Å². The number of hydrogen-bond donors (Lipinski definition) is 1. The predicted molar refractivity (Wildman–Crippen MR) is 147 cm³/mol. The van der Waals surface area contributed by atoms with E-state index in [4.69, 9.17) is 10.3 Å². The maximum absolute atomic E-state index is 12.9. The molecule has 3 rings (SSSR count). The van der Waals surface area contributed by atoms with Crippen molar-refractivity contribution < 1.29 is 9.59 Å². The number of H-pyrrole nitrogens is 1. The van der Waals surface area contributed by atoms with Crippen molar-refractivity contribution >= 4 is 28.8 Å². The van der Waals surface area contributed by atoms with E-state index in [-0.39, 0.29) is 18.1 Å². The molecule has 7 nitrogen and oxygen atoms in total. The molecule has 1 N–H and O–H groups in total. The third-order valence-electron chi connectivity index (χ3n) is 5.76. The largest absolute Gasteiger partial charge is 0.368 e. The Labute approximate surface area is 215 Å². The number of carbonyl (C=O) groups is 2. The first-order chi connectivity index (χ1) is 17.1. The third kappa shape index (κ3) is 7.17. The fraction of sp³-hybridized carbons (Fsp3) is 0.448. The van der Waals surface area contributed by atoms with Crippen molar-refractivity contribution in [1.82, 2.24) is 9.88 Å². The highest BCUT2D eigenvalue weighted by Gasteiger charge is 2.27. The second-order valence-electron chi connectivity index (χ2n) is 9.92. The summed E-state index contributed by atoms with van der Waals surface area (Å²) < 4.78 is 0. The molecule has 1 amide bonds. The summed E-state index contributed by atoms with van der Waals surface area (Å²) in [6.07, 6.45) is 4.61. The summed E-state index contributed by atoms with van der Waals surface area (Å²) in [5.41, 5.74) is 4.16. The Kier molecular flexibility index (Phi) is 10.2. The molecule has 7 heteroatoms. The average molecular weight is 490 g/mol. The molecule has 36 heavy (non-hydrogen) atoms. The highest BCUT2D eigenvalue weighted by atomic mass is 16.2. The van der Waals surface area contributed by atoms with E-state index in [0.29, 0.717) is 43.1 Å². The lowest BCUT2D eigenvalue weighted by molar-refractivity contribution is -0.130. The molecule has 1 fully saturated rings. The molecule has 2 aromatic rings. The number of amides is 1. The number of rotatable bonds is 6. The van der Waals surface area contributed by atoms with E-state index in [1.54, 1.807) is 17.2 Å². The topological polar surface area (TPSA) is 92.6 Å². The minimum atomic E-state index is -0.510. The van der Waals surface area contributed by atoms with Gasteiger partial charge in [0.25, 0.3) is 0 Å². The smallest absolute Gasteiger partial charge is 0.236 e. The van der Waals surface area contributed by atoms with Gasteiger partial charge in [-0.05, 0) is 25.1 Å². The first-order valence-corrected chi connectivity index (χ1v) is 12.5. The molecule has 1 aliphatic rings. The van der Waals surface area contributed by atoms with Crippen molar-refractivity contribution in [3.63, 3.8) is 0 Å².